The van der Waals surface area contributed by atoms with Crippen molar-refractivity contribution < 1.29 is 9.59 Å². The van der Waals surface area contributed by atoms with Gasteiger partial charge in [0.1, 0.15) is 12.1 Å². The van der Waals surface area contributed by atoms with Crippen molar-refractivity contribution in [2.24, 2.45) is 0 Å². The van der Waals surface area contributed by atoms with E-state index >= 15 is 0 Å². The monoisotopic (exact) mass is 222 g/mol. The Morgan fingerprint density at radius 1 is 1.50 bits per heavy atom. The Labute approximate surface area is 96.4 Å². The zero-order valence-electron chi connectivity index (χ0n) is 10.2. The van der Waals surface area contributed by atoms with E-state index in [-0.39, 0.29) is 11.8 Å². The minimum Gasteiger partial charge on any atom is -0.343 e. The standard InChI is InChI=1S/C12H18N2O2/c1-6-9-10(15)13-8(3)11(16)14(9)12(4,5)7-2/h2,8-9H,6H2,1,3-5H3,(H,13,15). The molecule has 4 nitrogen and oxygen atoms in total. The molecule has 1 aliphatic rings. The van der Waals surface area contributed by atoms with Crippen LogP contribution in [0.3, 0.4) is 0 Å². The number of hydrogen-bond donors (Lipinski definition) is 1. The number of nitrogens with one attached hydrogen (secondary N) is 1. The van der Waals surface area contributed by atoms with Gasteiger partial charge in [0.15, 0.2) is 0 Å². The molecule has 16 heavy (non-hydrogen) atoms. The third-order valence-electron chi connectivity index (χ3n) is 2.92. The Morgan fingerprint density at radius 2 is 2.06 bits per heavy atom. The summed E-state index contributed by atoms with van der Waals surface area (Å²) >= 11 is 0. The summed E-state index contributed by atoms with van der Waals surface area (Å²) in [5.41, 5.74) is -0.732. The first kappa shape index (κ1) is 12.6. The maximum Gasteiger partial charge on any atom is 0.246 e. The molecule has 1 aliphatic heterocycles. The van der Waals surface area contributed by atoms with Gasteiger partial charge in [-0.15, -0.1) is 6.42 Å². The Kier molecular flexibility index (Phi) is 3.27. The molecular weight excluding hydrogens is 204 g/mol. The predicted molar refractivity (Wildman–Crippen MR) is 61.4 cm³/mol. The maximum absolute atomic E-state index is 12.1. The van der Waals surface area contributed by atoms with Crippen LogP contribution in [0.2, 0.25) is 0 Å². The lowest BCUT2D eigenvalue weighted by Gasteiger charge is -2.44. The minimum atomic E-state index is -0.732. The summed E-state index contributed by atoms with van der Waals surface area (Å²) in [5.74, 6) is 2.33. The molecule has 0 aromatic heterocycles. The minimum absolute atomic E-state index is 0.116. The van der Waals surface area contributed by atoms with Crippen molar-refractivity contribution in [1.29, 1.82) is 0 Å². The lowest BCUT2D eigenvalue weighted by atomic mass is 9.95. The molecule has 0 bridgehead atoms. The number of amides is 2. The second-order valence-corrected chi connectivity index (χ2v) is 4.57. The molecule has 0 aliphatic carbocycles. The summed E-state index contributed by atoms with van der Waals surface area (Å²) in [7, 11) is 0. The molecule has 1 saturated heterocycles. The Hall–Kier alpha value is -1.50. The van der Waals surface area contributed by atoms with Crippen LogP contribution in [0.4, 0.5) is 0 Å². The van der Waals surface area contributed by atoms with Gasteiger partial charge in [0.2, 0.25) is 11.8 Å². The first-order valence-corrected chi connectivity index (χ1v) is 5.46. The highest BCUT2D eigenvalue weighted by molar-refractivity contribution is 5.97. The highest BCUT2D eigenvalue weighted by Crippen LogP contribution is 2.23. The summed E-state index contributed by atoms with van der Waals surface area (Å²) in [6, 6.07) is -0.960. The van der Waals surface area contributed by atoms with Gasteiger partial charge in [-0.2, -0.15) is 0 Å². The Balaban J connectivity index is 3.14. The van der Waals surface area contributed by atoms with Crippen molar-refractivity contribution >= 4 is 11.8 Å². The van der Waals surface area contributed by atoms with Gasteiger partial charge in [-0.1, -0.05) is 12.8 Å². The average molecular weight is 222 g/mol. The van der Waals surface area contributed by atoms with Crippen molar-refractivity contribution in [3.8, 4) is 12.3 Å². The van der Waals surface area contributed by atoms with Crippen LogP contribution in [-0.4, -0.2) is 34.3 Å². The van der Waals surface area contributed by atoms with Crippen molar-refractivity contribution in [2.75, 3.05) is 0 Å². The van der Waals surface area contributed by atoms with Crippen molar-refractivity contribution in [3.05, 3.63) is 0 Å². The third kappa shape index (κ3) is 1.90. The molecule has 1 fully saturated rings. The van der Waals surface area contributed by atoms with Crippen LogP contribution in [0, 0.1) is 12.3 Å². The third-order valence-corrected chi connectivity index (χ3v) is 2.92. The topological polar surface area (TPSA) is 49.4 Å². The van der Waals surface area contributed by atoms with E-state index in [0.717, 1.165) is 0 Å². The van der Waals surface area contributed by atoms with Crippen LogP contribution in [0.1, 0.15) is 34.1 Å². The van der Waals surface area contributed by atoms with Crippen LogP contribution in [0.25, 0.3) is 0 Å². The van der Waals surface area contributed by atoms with Gasteiger partial charge in [0, 0.05) is 0 Å². The number of nitrogens with zero attached hydrogens (tertiary/aromatic N) is 1. The Bertz CT molecular complexity index is 355. The predicted octanol–water partition coefficient (Wildman–Crippen LogP) is 0.524. The highest BCUT2D eigenvalue weighted by atomic mass is 16.2. The van der Waals surface area contributed by atoms with Gasteiger partial charge in [0.05, 0.1) is 5.54 Å². The average Bonchev–Trinajstić information content (AvgIpc) is 2.22. The first-order chi connectivity index (χ1) is 7.35. The number of piperazine rings is 1. The normalized spacial score (nSPS) is 26.3. The number of carbonyl (C=O) groups is 2. The maximum atomic E-state index is 12.1. The van der Waals surface area contributed by atoms with E-state index in [0.29, 0.717) is 6.42 Å². The lowest BCUT2D eigenvalue weighted by Crippen LogP contribution is -2.67. The second kappa shape index (κ2) is 4.17. The van der Waals surface area contributed by atoms with Gasteiger partial charge in [0.25, 0.3) is 0 Å². The summed E-state index contributed by atoms with van der Waals surface area (Å²) in [5, 5.41) is 2.66. The molecule has 2 amide bonds. The van der Waals surface area contributed by atoms with E-state index < -0.39 is 17.6 Å². The van der Waals surface area contributed by atoms with Crippen LogP contribution < -0.4 is 5.32 Å². The Morgan fingerprint density at radius 3 is 2.50 bits per heavy atom. The molecule has 1 rings (SSSR count). The smallest absolute Gasteiger partial charge is 0.246 e. The van der Waals surface area contributed by atoms with Gasteiger partial charge in [-0.05, 0) is 27.2 Å². The number of carbonyl (C=O) groups excluding carboxylic acids is 2. The molecule has 2 unspecified atom stereocenters. The van der Waals surface area contributed by atoms with E-state index in [1.165, 1.54) is 4.90 Å². The zero-order chi connectivity index (χ0) is 12.5. The molecule has 1 N–H and O–H groups in total. The largest absolute Gasteiger partial charge is 0.343 e. The van der Waals surface area contributed by atoms with Gasteiger partial charge < -0.3 is 10.2 Å². The van der Waals surface area contributed by atoms with E-state index in [4.69, 9.17) is 6.42 Å². The van der Waals surface area contributed by atoms with Gasteiger partial charge in [-0.3, -0.25) is 9.59 Å². The number of rotatable bonds is 2. The van der Waals surface area contributed by atoms with Crippen molar-refractivity contribution in [3.63, 3.8) is 0 Å². The molecule has 0 saturated carbocycles. The summed E-state index contributed by atoms with van der Waals surface area (Å²) in [6.45, 7) is 7.09. The SMILES string of the molecule is C#CC(C)(C)N1C(=O)C(C)NC(=O)C1CC. The molecule has 0 radical (unpaired) electrons. The summed E-state index contributed by atoms with van der Waals surface area (Å²) in [4.78, 5) is 25.4. The van der Waals surface area contributed by atoms with Gasteiger partial charge >= 0.3 is 0 Å². The van der Waals surface area contributed by atoms with E-state index in [9.17, 15) is 9.59 Å². The van der Waals surface area contributed by atoms with E-state index in [2.05, 4.69) is 11.2 Å². The van der Waals surface area contributed by atoms with E-state index in [1.54, 1.807) is 20.8 Å². The van der Waals surface area contributed by atoms with Crippen LogP contribution in [0.5, 0.6) is 0 Å². The van der Waals surface area contributed by atoms with Crippen LogP contribution in [0.15, 0.2) is 0 Å². The summed E-state index contributed by atoms with van der Waals surface area (Å²) in [6.07, 6.45) is 6.00. The zero-order valence-corrected chi connectivity index (χ0v) is 10.2. The van der Waals surface area contributed by atoms with Gasteiger partial charge in [-0.25, -0.2) is 0 Å². The molecule has 0 spiro atoms. The molecule has 0 aromatic rings. The molecule has 4 heteroatoms. The molecule has 1 heterocycles. The lowest BCUT2D eigenvalue weighted by molar-refractivity contribution is -0.153. The molecule has 2 atom stereocenters. The fraction of sp³-hybridized carbons (Fsp3) is 0.667. The fourth-order valence-electron chi connectivity index (χ4n) is 1.95. The van der Waals surface area contributed by atoms with Crippen molar-refractivity contribution in [1.82, 2.24) is 10.2 Å². The van der Waals surface area contributed by atoms with Crippen LogP contribution in [-0.2, 0) is 9.59 Å². The molecular formula is C12H18N2O2. The molecule has 0 aromatic carbocycles. The first-order valence-electron chi connectivity index (χ1n) is 5.46. The van der Waals surface area contributed by atoms with E-state index in [1.807, 2.05) is 6.92 Å². The fourth-order valence-corrected chi connectivity index (χ4v) is 1.95. The molecule has 88 valence electrons. The number of terminal acetylenes is 1. The highest BCUT2D eigenvalue weighted by Gasteiger charge is 2.43. The summed E-state index contributed by atoms with van der Waals surface area (Å²) < 4.78 is 0. The number of hydrogen-bond acceptors (Lipinski definition) is 2. The quantitative estimate of drug-likeness (QED) is 0.693. The van der Waals surface area contributed by atoms with Crippen LogP contribution >= 0.6 is 0 Å². The van der Waals surface area contributed by atoms with Crippen molar-refractivity contribution in [2.45, 2.75) is 51.7 Å². The second-order valence-electron chi connectivity index (χ2n) is 4.57.